The highest BCUT2D eigenvalue weighted by Gasteiger charge is 2.59. The molecule has 0 bridgehead atoms. The van der Waals surface area contributed by atoms with Crippen LogP contribution in [0, 0.1) is 10.1 Å². The molecule has 4 rings (SSSR count). The van der Waals surface area contributed by atoms with Gasteiger partial charge in [-0.25, -0.2) is 0 Å². The number of benzene rings is 2. The van der Waals surface area contributed by atoms with Crippen molar-refractivity contribution < 1.29 is 29.5 Å². The molecular formula is C25H26IN3O7. The van der Waals surface area contributed by atoms with Crippen LogP contribution >= 0.6 is 22.6 Å². The summed E-state index contributed by atoms with van der Waals surface area (Å²) < 4.78 is 7.31. The first-order valence-corrected chi connectivity index (χ1v) is 12.8. The molecule has 11 heteroatoms. The number of aliphatic carboxylic acids is 2. The number of non-ortho nitro benzene ring substituents is 1. The maximum atomic E-state index is 11.5. The lowest BCUT2D eigenvalue weighted by atomic mass is 9.76. The summed E-state index contributed by atoms with van der Waals surface area (Å²) in [4.78, 5) is 37.1. The molecule has 36 heavy (non-hydrogen) atoms. The number of carboxylic acid groups (broad SMARTS) is 2. The topological polar surface area (TPSA) is 133 Å². The minimum Gasteiger partial charge on any atom is -0.480 e. The fourth-order valence-electron chi connectivity index (χ4n) is 5.09. The van der Waals surface area contributed by atoms with Gasteiger partial charge in [0.15, 0.2) is 0 Å². The number of rotatable bonds is 9. The summed E-state index contributed by atoms with van der Waals surface area (Å²) >= 11 is 2.15. The minimum absolute atomic E-state index is 0.00609. The van der Waals surface area contributed by atoms with Crippen LogP contribution in [0.1, 0.15) is 30.5 Å². The first kappa shape index (κ1) is 25.9. The van der Waals surface area contributed by atoms with Crippen LogP contribution in [-0.4, -0.2) is 63.9 Å². The standard InChI is InChI=1S/C25H26IN3O7/c1-24(2)19-5-3-4-6-20(19)28(10-9-27(14-21(30)31)15-22(32)33)25(24)8-7-16-11-18(29(34)35)12-17(13-26)23(16)36-25/h3-8,11-12H,9-10,13-15H2,1-2H3,(H,30,31)(H,32,33). The first-order valence-electron chi connectivity index (χ1n) is 11.3. The van der Waals surface area contributed by atoms with Gasteiger partial charge in [-0.3, -0.25) is 24.6 Å². The minimum atomic E-state index is -1.11. The van der Waals surface area contributed by atoms with E-state index in [-0.39, 0.29) is 12.2 Å². The van der Waals surface area contributed by atoms with Crippen molar-refractivity contribution in [1.82, 2.24) is 4.90 Å². The Labute approximate surface area is 221 Å². The summed E-state index contributed by atoms with van der Waals surface area (Å²) in [6.45, 7) is 3.78. The SMILES string of the molecule is CC1(C)c2ccccc2N(CCN(CC(=O)O)CC(=O)O)C12C=Cc1cc([N+](=O)[O-])cc(CI)c1O2. The molecule has 2 aromatic carbocycles. The van der Waals surface area contributed by atoms with E-state index >= 15 is 0 Å². The second-order valence-electron chi connectivity index (χ2n) is 9.34. The van der Waals surface area contributed by atoms with Crippen LogP contribution in [0.4, 0.5) is 11.4 Å². The molecule has 2 aromatic rings. The van der Waals surface area contributed by atoms with Gasteiger partial charge < -0.3 is 19.8 Å². The van der Waals surface area contributed by atoms with Crippen molar-refractivity contribution in [2.45, 2.75) is 29.4 Å². The third-order valence-electron chi connectivity index (χ3n) is 6.80. The first-order chi connectivity index (χ1) is 17.0. The number of carbonyl (C=O) groups is 2. The predicted octanol–water partition coefficient (Wildman–Crippen LogP) is 3.90. The smallest absolute Gasteiger partial charge is 0.317 e. The molecule has 1 spiro atoms. The Morgan fingerprint density at radius 2 is 1.83 bits per heavy atom. The van der Waals surface area contributed by atoms with Crippen LogP contribution < -0.4 is 9.64 Å². The van der Waals surface area contributed by atoms with Gasteiger partial charge >= 0.3 is 11.9 Å². The second-order valence-corrected chi connectivity index (χ2v) is 10.1. The largest absolute Gasteiger partial charge is 0.480 e. The summed E-state index contributed by atoms with van der Waals surface area (Å²) in [7, 11) is 0. The number of nitrogens with zero attached hydrogens (tertiary/aromatic N) is 3. The number of anilines is 1. The number of ether oxygens (including phenoxy) is 1. The van der Waals surface area contributed by atoms with Crippen molar-refractivity contribution >= 4 is 52.0 Å². The highest BCUT2D eigenvalue weighted by molar-refractivity contribution is 14.1. The zero-order chi connectivity index (χ0) is 26.3. The highest BCUT2D eigenvalue weighted by atomic mass is 127. The number of hydrogen-bond donors (Lipinski definition) is 2. The van der Waals surface area contributed by atoms with Gasteiger partial charge in [0.1, 0.15) is 5.75 Å². The van der Waals surface area contributed by atoms with E-state index in [2.05, 4.69) is 36.4 Å². The Kier molecular flexibility index (Phi) is 6.97. The van der Waals surface area contributed by atoms with Crippen LogP contribution in [0.2, 0.25) is 0 Å². The zero-order valence-corrected chi connectivity index (χ0v) is 22.0. The third kappa shape index (κ3) is 4.41. The average Bonchev–Trinajstić information content (AvgIpc) is 2.99. The van der Waals surface area contributed by atoms with Gasteiger partial charge in [0.25, 0.3) is 5.69 Å². The highest BCUT2D eigenvalue weighted by Crippen LogP contribution is 2.55. The number of alkyl halides is 1. The van der Waals surface area contributed by atoms with E-state index < -0.39 is 41.1 Å². The van der Waals surface area contributed by atoms with E-state index in [1.165, 1.54) is 17.0 Å². The van der Waals surface area contributed by atoms with Crippen LogP contribution in [0.3, 0.4) is 0 Å². The molecule has 0 fully saturated rings. The van der Waals surface area contributed by atoms with Crippen molar-refractivity contribution in [3.05, 3.63) is 69.3 Å². The Hall–Kier alpha value is -3.19. The number of para-hydroxylation sites is 1. The molecule has 0 radical (unpaired) electrons. The van der Waals surface area contributed by atoms with Crippen molar-refractivity contribution in [3.63, 3.8) is 0 Å². The van der Waals surface area contributed by atoms with Crippen molar-refractivity contribution in [1.29, 1.82) is 0 Å². The number of fused-ring (bicyclic) bond motifs is 2. The number of nitro benzene ring substituents is 1. The van der Waals surface area contributed by atoms with E-state index in [4.69, 9.17) is 4.74 Å². The van der Waals surface area contributed by atoms with Crippen molar-refractivity contribution in [3.8, 4) is 5.75 Å². The molecule has 2 N–H and O–H groups in total. The molecule has 0 saturated heterocycles. The fraction of sp³-hybridized carbons (Fsp3) is 0.360. The number of halogens is 1. The molecule has 2 aliphatic rings. The van der Waals surface area contributed by atoms with Gasteiger partial charge in [-0.05, 0) is 37.6 Å². The van der Waals surface area contributed by atoms with Crippen LogP contribution in [0.25, 0.3) is 6.08 Å². The molecule has 2 aliphatic heterocycles. The van der Waals surface area contributed by atoms with Crippen molar-refractivity contribution in [2.75, 3.05) is 31.1 Å². The Bertz CT molecular complexity index is 1250. The van der Waals surface area contributed by atoms with E-state index in [1.54, 1.807) is 0 Å². The molecule has 1 atom stereocenters. The van der Waals surface area contributed by atoms with E-state index in [9.17, 15) is 29.9 Å². The van der Waals surface area contributed by atoms with E-state index in [0.717, 1.165) is 11.3 Å². The Balaban J connectivity index is 1.78. The molecule has 10 nitrogen and oxygen atoms in total. The van der Waals surface area contributed by atoms with E-state index in [1.807, 2.05) is 41.3 Å². The van der Waals surface area contributed by atoms with Crippen LogP contribution in [0.15, 0.2) is 42.5 Å². The molecule has 1 unspecified atom stereocenters. The summed E-state index contributed by atoms with van der Waals surface area (Å²) in [5.41, 5.74) is 1.66. The van der Waals surface area contributed by atoms with Gasteiger partial charge in [0, 0.05) is 46.5 Å². The van der Waals surface area contributed by atoms with Gasteiger partial charge in [-0.15, -0.1) is 0 Å². The lowest BCUT2D eigenvalue weighted by Gasteiger charge is -2.47. The Morgan fingerprint density at radius 1 is 1.17 bits per heavy atom. The summed E-state index contributed by atoms with van der Waals surface area (Å²) in [6, 6.07) is 10.9. The zero-order valence-electron chi connectivity index (χ0n) is 19.8. The van der Waals surface area contributed by atoms with E-state index in [0.29, 0.717) is 27.8 Å². The number of carboxylic acids is 2. The van der Waals surface area contributed by atoms with Gasteiger partial charge in [-0.1, -0.05) is 40.8 Å². The molecule has 190 valence electrons. The second kappa shape index (κ2) is 9.69. The van der Waals surface area contributed by atoms with Crippen molar-refractivity contribution in [2.24, 2.45) is 0 Å². The normalized spacial score (nSPS) is 19.2. The number of hydrogen-bond acceptors (Lipinski definition) is 7. The monoisotopic (exact) mass is 607 g/mol. The van der Waals surface area contributed by atoms with Crippen LogP contribution in [-0.2, 0) is 19.4 Å². The molecule has 0 aliphatic carbocycles. The molecule has 2 heterocycles. The van der Waals surface area contributed by atoms with Gasteiger partial charge in [0.2, 0.25) is 5.72 Å². The molecule has 0 saturated carbocycles. The lowest BCUT2D eigenvalue weighted by molar-refractivity contribution is -0.385. The van der Waals surface area contributed by atoms with Gasteiger partial charge in [0.05, 0.1) is 23.4 Å². The van der Waals surface area contributed by atoms with Crippen LogP contribution in [0.5, 0.6) is 5.75 Å². The number of nitro groups is 1. The fourth-order valence-corrected chi connectivity index (χ4v) is 5.66. The molecule has 0 aromatic heterocycles. The average molecular weight is 607 g/mol. The maximum Gasteiger partial charge on any atom is 0.317 e. The summed E-state index contributed by atoms with van der Waals surface area (Å²) in [5.74, 6) is -1.65. The molecule has 0 amide bonds. The summed E-state index contributed by atoms with van der Waals surface area (Å²) in [5, 5.41) is 30.0. The maximum absolute atomic E-state index is 11.5. The predicted molar refractivity (Wildman–Crippen MR) is 142 cm³/mol. The Morgan fingerprint density at radius 3 is 2.44 bits per heavy atom. The summed E-state index contributed by atoms with van der Waals surface area (Å²) in [6.07, 6.45) is 3.74. The third-order valence-corrected chi connectivity index (χ3v) is 7.62. The van der Waals surface area contributed by atoms with Gasteiger partial charge in [-0.2, -0.15) is 0 Å². The molecular weight excluding hydrogens is 581 g/mol. The quantitative estimate of drug-likeness (QED) is 0.189. The lowest BCUT2D eigenvalue weighted by Crippen LogP contribution is -2.61.